The van der Waals surface area contributed by atoms with Crippen molar-refractivity contribution < 1.29 is 0 Å². The molecule has 0 aromatic heterocycles. The summed E-state index contributed by atoms with van der Waals surface area (Å²) >= 11 is 3.78. The third kappa shape index (κ3) is 3.72. The summed E-state index contributed by atoms with van der Waals surface area (Å²) in [5.41, 5.74) is 5.89. The monoisotopic (exact) mass is 354 g/mol. The molecule has 0 fully saturated rings. The molecule has 0 spiro atoms. The van der Waals surface area contributed by atoms with Crippen molar-refractivity contribution in [2.75, 3.05) is 26.2 Å². The van der Waals surface area contributed by atoms with E-state index >= 15 is 0 Å². The lowest BCUT2D eigenvalue weighted by atomic mass is 10.2. The molecule has 0 saturated heterocycles. The van der Waals surface area contributed by atoms with Gasteiger partial charge in [0.1, 0.15) is 0 Å². The smallest absolute Gasteiger partial charge is 0.0323 e. The predicted octanol–water partition coefficient (Wildman–Crippen LogP) is 4.95. The van der Waals surface area contributed by atoms with Crippen LogP contribution >= 0.6 is 23.9 Å². The summed E-state index contributed by atoms with van der Waals surface area (Å²) in [6.07, 6.45) is 0. The molecule has 0 amide bonds. The fraction of sp³-hybridized carbons (Fsp3) is 0.300. The van der Waals surface area contributed by atoms with Crippen LogP contribution in [0.2, 0.25) is 0 Å². The maximum atomic E-state index is 2.49. The first-order valence-electron chi connectivity index (χ1n) is 8.35. The van der Waals surface area contributed by atoms with E-state index in [-0.39, 0.29) is 0 Å². The van der Waals surface area contributed by atoms with Crippen molar-refractivity contribution in [3.63, 3.8) is 0 Å². The lowest BCUT2D eigenvalue weighted by molar-refractivity contribution is 0.511. The molecule has 124 valence electrons. The normalized spacial score (nSPS) is 18.4. The van der Waals surface area contributed by atoms with Crippen LogP contribution in [0.4, 0.5) is 0 Å². The van der Waals surface area contributed by atoms with Gasteiger partial charge in [-0.1, -0.05) is 35.4 Å². The summed E-state index contributed by atoms with van der Waals surface area (Å²) in [4.78, 5) is 2.68. The van der Waals surface area contributed by atoms with E-state index in [9.17, 15) is 0 Å². The Bertz CT molecular complexity index is 669. The lowest BCUT2D eigenvalue weighted by Crippen LogP contribution is -2.22. The molecule has 4 heteroatoms. The standard InChI is InChI=1S/C20H22N2S2/c1-15-3-7-19(8-4-15)23-21-11-17-13-22(14-18(17)12-21)24-20-9-5-16(2)6-10-20/h3-10H,11-14H2,1-2H3. The molecule has 4 rings (SSSR count). The zero-order valence-electron chi connectivity index (χ0n) is 14.2. The van der Waals surface area contributed by atoms with E-state index in [2.05, 4.69) is 71.0 Å². The van der Waals surface area contributed by atoms with E-state index in [0.717, 1.165) is 26.2 Å². The van der Waals surface area contributed by atoms with Crippen molar-refractivity contribution >= 4 is 23.9 Å². The van der Waals surface area contributed by atoms with Gasteiger partial charge in [-0.25, -0.2) is 8.61 Å². The Hall–Kier alpha value is -1.20. The summed E-state index contributed by atoms with van der Waals surface area (Å²) in [5, 5.41) is 0. The van der Waals surface area contributed by atoms with Gasteiger partial charge in [-0.3, -0.25) is 0 Å². The highest BCUT2D eigenvalue weighted by atomic mass is 32.2. The quantitative estimate of drug-likeness (QED) is 0.566. The van der Waals surface area contributed by atoms with E-state index in [1.54, 1.807) is 11.1 Å². The van der Waals surface area contributed by atoms with Crippen molar-refractivity contribution in [2.24, 2.45) is 0 Å². The first kappa shape index (κ1) is 16.3. The molecule has 0 unspecified atom stereocenters. The van der Waals surface area contributed by atoms with Crippen LogP contribution in [0.3, 0.4) is 0 Å². The van der Waals surface area contributed by atoms with Crippen molar-refractivity contribution in [2.45, 2.75) is 23.6 Å². The Balaban J connectivity index is 1.30. The lowest BCUT2D eigenvalue weighted by Gasteiger charge is -2.21. The average molecular weight is 355 g/mol. The van der Waals surface area contributed by atoms with Crippen LogP contribution in [0, 0.1) is 13.8 Å². The summed E-state index contributed by atoms with van der Waals surface area (Å²) in [6.45, 7) is 8.66. The summed E-state index contributed by atoms with van der Waals surface area (Å²) < 4.78 is 4.98. The molecule has 2 nitrogen and oxygen atoms in total. The molecule has 0 aliphatic carbocycles. The number of hydrogen-bond donors (Lipinski definition) is 0. The molecule has 0 radical (unpaired) electrons. The second-order valence-corrected chi connectivity index (χ2v) is 8.95. The second kappa shape index (κ2) is 6.96. The van der Waals surface area contributed by atoms with E-state index in [0.29, 0.717) is 0 Å². The Morgan fingerprint density at radius 3 is 1.25 bits per heavy atom. The number of aryl methyl sites for hydroxylation is 2. The minimum atomic E-state index is 1.10. The SMILES string of the molecule is Cc1ccc(SN2CC3=C(C2)CN(Sc2ccc(C)cc2)C3)cc1. The van der Waals surface area contributed by atoms with Crippen LogP contribution in [0.1, 0.15) is 11.1 Å². The Kier molecular flexibility index (Phi) is 4.72. The van der Waals surface area contributed by atoms with Gasteiger partial charge in [0, 0.05) is 36.0 Å². The molecule has 0 atom stereocenters. The first-order valence-corrected chi connectivity index (χ1v) is 9.89. The van der Waals surface area contributed by atoms with Crippen molar-refractivity contribution in [3.05, 3.63) is 70.8 Å². The van der Waals surface area contributed by atoms with Gasteiger partial charge in [-0.2, -0.15) is 0 Å². The largest absolute Gasteiger partial charge is 0.238 e. The molecule has 2 aromatic carbocycles. The van der Waals surface area contributed by atoms with Crippen LogP contribution in [0.15, 0.2) is 69.5 Å². The molecule has 2 aromatic rings. The van der Waals surface area contributed by atoms with Crippen LogP contribution in [-0.4, -0.2) is 34.8 Å². The molecule has 2 aliphatic heterocycles. The molecule has 24 heavy (non-hydrogen) atoms. The maximum Gasteiger partial charge on any atom is 0.0323 e. The Morgan fingerprint density at radius 1 is 0.583 bits per heavy atom. The number of rotatable bonds is 4. The van der Waals surface area contributed by atoms with E-state index in [1.807, 2.05) is 23.9 Å². The van der Waals surface area contributed by atoms with Gasteiger partial charge in [0.05, 0.1) is 0 Å². The topological polar surface area (TPSA) is 6.48 Å². The van der Waals surface area contributed by atoms with Gasteiger partial charge >= 0.3 is 0 Å². The Morgan fingerprint density at radius 2 is 0.917 bits per heavy atom. The molecular weight excluding hydrogens is 332 g/mol. The predicted molar refractivity (Wildman–Crippen MR) is 104 cm³/mol. The summed E-state index contributed by atoms with van der Waals surface area (Å²) in [7, 11) is 0. The van der Waals surface area contributed by atoms with Gasteiger partial charge in [0.2, 0.25) is 0 Å². The van der Waals surface area contributed by atoms with E-state index in [1.165, 1.54) is 20.9 Å². The molecule has 0 bridgehead atoms. The molecule has 2 heterocycles. The fourth-order valence-electron chi connectivity index (χ4n) is 3.14. The third-order valence-corrected chi connectivity index (χ3v) is 6.48. The van der Waals surface area contributed by atoms with Gasteiger partial charge in [0.25, 0.3) is 0 Å². The van der Waals surface area contributed by atoms with Crippen molar-refractivity contribution in [1.82, 2.24) is 8.61 Å². The van der Waals surface area contributed by atoms with Gasteiger partial charge in [0.15, 0.2) is 0 Å². The summed E-state index contributed by atoms with van der Waals surface area (Å²) in [5.74, 6) is 0. The Labute approximate surface area is 153 Å². The molecular formula is C20H22N2S2. The minimum Gasteiger partial charge on any atom is -0.238 e. The second-order valence-electron chi connectivity index (χ2n) is 6.61. The summed E-state index contributed by atoms with van der Waals surface area (Å²) in [6, 6.07) is 17.7. The van der Waals surface area contributed by atoms with Crippen LogP contribution in [-0.2, 0) is 0 Å². The van der Waals surface area contributed by atoms with Gasteiger partial charge in [-0.15, -0.1) is 0 Å². The van der Waals surface area contributed by atoms with Crippen LogP contribution in [0.5, 0.6) is 0 Å². The molecule has 0 N–H and O–H groups in total. The third-order valence-electron chi connectivity index (χ3n) is 4.48. The van der Waals surface area contributed by atoms with Crippen molar-refractivity contribution in [1.29, 1.82) is 0 Å². The molecule has 2 aliphatic rings. The highest BCUT2D eigenvalue weighted by Crippen LogP contribution is 2.36. The zero-order chi connectivity index (χ0) is 16.5. The van der Waals surface area contributed by atoms with Gasteiger partial charge < -0.3 is 0 Å². The van der Waals surface area contributed by atoms with E-state index in [4.69, 9.17) is 0 Å². The number of benzene rings is 2. The molecule has 0 saturated carbocycles. The minimum absolute atomic E-state index is 1.10. The fourth-order valence-corrected chi connectivity index (χ4v) is 5.13. The van der Waals surface area contributed by atoms with Crippen LogP contribution < -0.4 is 0 Å². The zero-order valence-corrected chi connectivity index (χ0v) is 15.8. The van der Waals surface area contributed by atoms with Gasteiger partial charge in [-0.05, 0) is 73.2 Å². The number of hydrogen-bond acceptors (Lipinski definition) is 4. The average Bonchev–Trinajstić information content (AvgIpc) is 3.10. The first-order chi connectivity index (χ1) is 11.7. The number of nitrogens with zero attached hydrogens (tertiary/aromatic N) is 2. The van der Waals surface area contributed by atoms with Crippen LogP contribution in [0.25, 0.3) is 0 Å². The maximum absolute atomic E-state index is 2.49. The highest BCUT2D eigenvalue weighted by Gasteiger charge is 2.30. The highest BCUT2D eigenvalue weighted by molar-refractivity contribution is 7.97. The van der Waals surface area contributed by atoms with E-state index < -0.39 is 0 Å². The van der Waals surface area contributed by atoms with Crippen molar-refractivity contribution in [3.8, 4) is 0 Å².